The van der Waals surface area contributed by atoms with Crippen LogP contribution in [0.15, 0.2) is 73.3 Å². The maximum Gasteiger partial charge on any atom is 0.378 e. The van der Waals surface area contributed by atoms with E-state index in [1.54, 1.807) is 0 Å². The van der Waals surface area contributed by atoms with Gasteiger partial charge in [0.05, 0.1) is 64.4 Å². The Bertz CT molecular complexity index is 1350. The van der Waals surface area contributed by atoms with Crippen LogP contribution in [-0.4, -0.2) is 97.9 Å². The van der Waals surface area contributed by atoms with Gasteiger partial charge in [-0.15, -0.1) is 0 Å². The lowest BCUT2D eigenvalue weighted by Gasteiger charge is -2.24. The first-order valence-electron chi connectivity index (χ1n) is 16.4. The average Bonchev–Trinajstić information content (AvgIpc) is 3.59. The third-order valence-corrected chi connectivity index (χ3v) is 10.8. The van der Waals surface area contributed by atoms with E-state index < -0.39 is 0 Å². The molecule has 0 saturated heterocycles. The van der Waals surface area contributed by atoms with Gasteiger partial charge in [-0.25, -0.2) is 18.3 Å². The number of nitrogens with one attached hydrogen (secondary N) is 4. The maximum atomic E-state index is 3.28. The van der Waals surface area contributed by atoms with Crippen LogP contribution >= 0.6 is 21.6 Å². The number of rotatable bonds is 21. The van der Waals surface area contributed by atoms with Crippen molar-refractivity contribution in [2.24, 2.45) is 28.2 Å². The van der Waals surface area contributed by atoms with Crippen molar-refractivity contribution in [3.05, 3.63) is 73.3 Å². The first-order valence-corrected chi connectivity index (χ1v) is 18.9. The lowest BCUT2D eigenvalue weighted by Crippen LogP contribution is -2.32. The van der Waals surface area contributed by atoms with Gasteiger partial charge in [0.1, 0.15) is 0 Å². The standard InChI is InChI=1S/C34H54N12S2/c1-39(17-19-41(3)31-13-9-29(10-14-31)35-37-33-43(5)21-22-44(33)6)25-27-47-48-28-26-40(2)18-20-42(4)32-15-11-30(12-16-32)36-38-34-45(7)23-24-46(34)8/h9-16,21-24,35-36H,17-20,25-28H2,1-8H3/p+2. The third kappa shape index (κ3) is 11.5. The normalized spacial score (nSPS) is 11.3. The van der Waals surface area contributed by atoms with Crippen molar-refractivity contribution >= 4 is 56.2 Å². The predicted molar refractivity (Wildman–Crippen MR) is 207 cm³/mol. The van der Waals surface area contributed by atoms with E-state index in [0.29, 0.717) is 0 Å². The van der Waals surface area contributed by atoms with Gasteiger partial charge in [0, 0.05) is 76.2 Å². The Morgan fingerprint density at radius 2 is 0.917 bits per heavy atom. The highest BCUT2D eigenvalue weighted by molar-refractivity contribution is 8.76. The van der Waals surface area contributed by atoms with Crippen molar-refractivity contribution in [2.75, 3.05) is 110 Å². The maximum absolute atomic E-state index is 3.28. The summed E-state index contributed by atoms with van der Waals surface area (Å²) in [5, 5.41) is 0. The molecule has 0 amide bonds. The van der Waals surface area contributed by atoms with E-state index in [1.807, 2.05) is 92.8 Å². The molecule has 0 fully saturated rings. The monoisotopic (exact) mass is 696 g/mol. The minimum absolute atomic E-state index is 0.987. The van der Waals surface area contributed by atoms with E-state index in [2.05, 4.69) is 118 Å². The van der Waals surface area contributed by atoms with Crippen molar-refractivity contribution in [1.82, 2.24) is 18.9 Å². The summed E-state index contributed by atoms with van der Waals surface area (Å²) >= 11 is 0. The number of imidazole rings is 2. The molecule has 0 aliphatic carbocycles. The van der Waals surface area contributed by atoms with Gasteiger partial charge in [0.25, 0.3) is 0 Å². The van der Waals surface area contributed by atoms with Crippen LogP contribution in [0.2, 0.25) is 0 Å². The second-order valence-corrected chi connectivity index (χ2v) is 15.1. The molecule has 0 aliphatic heterocycles. The molecule has 0 atom stereocenters. The number of hydrogen-bond acceptors (Lipinski definition) is 10. The highest BCUT2D eigenvalue weighted by atomic mass is 33.1. The quantitative estimate of drug-likeness (QED) is 0.0449. The molecule has 0 aliphatic rings. The molecule has 0 radical (unpaired) electrons. The summed E-state index contributed by atoms with van der Waals surface area (Å²) in [5.41, 5.74) is 17.6. The van der Waals surface area contributed by atoms with Crippen molar-refractivity contribution < 1.29 is 9.13 Å². The van der Waals surface area contributed by atoms with Crippen molar-refractivity contribution in [1.29, 1.82) is 0 Å². The van der Waals surface area contributed by atoms with Crippen LogP contribution in [0.5, 0.6) is 0 Å². The van der Waals surface area contributed by atoms with Crippen LogP contribution in [0.4, 0.5) is 34.6 Å². The molecule has 262 valence electrons. The van der Waals surface area contributed by atoms with Gasteiger partial charge in [-0.2, -0.15) is 10.9 Å². The summed E-state index contributed by atoms with van der Waals surface area (Å²) in [6, 6.07) is 17.1. The smallest absolute Gasteiger partial charge is 0.373 e. The van der Waals surface area contributed by atoms with Gasteiger partial charge >= 0.3 is 11.9 Å². The van der Waals surface area contributed by atoms with Crippen molar-refractivity contribution in [2.45, 2.75) is 0 Å². The molecule has 2 heterocycles. The van der Waals surface area contributed by atoms with E-state index in [0.717, 1.165) is 74.0 Å². The van der Waals surface area contributed by atoms with Crippen LogP contribution in [0, 0.1) is 0 Å². The largest absolute Gasteiger partial charge is 0.378 e. The number of likely N-dealkylation sites (N-methyl/N-ethyl adjacent to an activating group) is 4. The second-order valence-electron chi connectivity index (χ2n) is 12.4. The summed E-state index contributed by atoms with van der Waals surface area (Å²) in [5.74, 6) is 4.24. The van der Waals surface area contributed by atoms with Gasteiger partial charge in [0.15, 0.2) is 0 Å². The van der Waals surface area contributed by atoms with Gasteiger partial charge in [-0.1, -0.05) is 21.6 Å². The molecular formula is C34H56N12S2+2. The molecule has 2 aromatic carbocycles. The summed E-state index contributed by atoms with van der Waals surface area (Å²) in [6.45, 7) is 6.23. The Kier molecular flexibility index (Phi) is 14.5. The third-order valence-electron chi connectivity index (χ3n) is 8.45. The summed E-state index contributed by atoms with van der Waals surface area (Å²) in [4.78, 5) is 9.48. The molecular weight excluding hydrogens is 641 g/mol. The average molecular weight is 697 g/mol. The SMILES string of the molecule is CN(CCSSCCN(C)CCN(C)c1ccc(NNc2n(C)cc[n+]2C)cc1)CCN(C)c1ccc(NNc2n(C)cc[n+]2C)cc1. The zero-order valence-corrected chi connectivity index (χ0v) is 31.6. The summed E-state index contributed by atoms with van der Waals surface area (Å²) < 4.78 is 8.15. The first kappa shape index (κ1) is 37.1. The lowest BCUT2D eigenvalue weighted by atomic mass is 10.2. The number of anilines is 6. The van der Waals surface area contributed by atoms with E-state index in [1.165, 1.54) is 11.4 Å². The van der Waals surface area contributed by atoms with Gasteiger partial charge in [-0.3, -0.25) is 10.9 Å². The summed E-state index contributed by atoms with van der Waals surface area (Å²) in [7, 11) is 20.8. The molecule has 0 spiro atoms. The van der Waals surface area contributed by atoms with Gasteiger partial charge in [-0.05, 0) is 62.6 Å². The Morgan fingerprint density at radius 3 is 1.25 bits per heavy atom. The molecule has 48 heavy (non-hydrogen) atoms. The first-order chi connectivity index (χ1) is 23.1. The van der Waals surface area contributed by atoms with Crippen LogP contribution < -0.4 is 40.6 Å². The highest BCUT2D eigenvalue weighted by Gasteiger charge is 2.12. The number of aromatic nitrogens is 4. The second kappa shape index (κ2) is 18.7. The molecule has 2 aromatic heterocycles. The zero-order valence-electron chi connectivity index (χ0n) is 30.0. The van der Waals surface area contributed by atoms with Gasteiger partial charge < -0.3 is 19.6 Å². The Balaban J connectivity index is 1.02. The molecule has 4 aromatic rings. The molecule has 14 heteroatoms. The van der Waals surface area contributed by atoms with Crippen molar-refractivity contribution in [3.63, 3.8) is 0 Å². The van der Waals surface area contributed by atoms with Gasteiger partial charge in [0.2, 0.25) is 0 Å². The lowest BCUT2D eigenvalue weighted by molar-refractivity contribution is -0.656. The Hall–Kier alpha value is -3.72. The molecule has 0 unspecified atom stereocenters. The predicted octanol–water partition coefficient (Wildman–Crippen LogP) is 3.71. The highest BCUT2D eigenvalue weighted by Crippen LogP contribution is 2.21. The van der Waals surface area contributed by atoms with Crippen LogP contribution in [0.1, 0.15) is 0 Å². The fourth-order valence-corrected chi connectivity index (χ4v) is 7.18. The van der Waals surface area contributed by atoms with E-state index in [9.17, 15) is 0 Å². The number of nitrogens with zero attached hydrogens (tertiary/aromatic N) is 8. The number of hydrogen-bond donors (Lipinski definition) is 4. The fraction of sp³-hybridized carbons (Fsp3) is 0.471. The fourth-order valence-electron chi connectivity index (χ4n) is 5.01. The zero-order chi connectivity index (χ0) is 34.5. The molecule has 0 saturated carbocycles. The van der Waals surface area contributed by atoms with Crippen LogP contribution in [0.25, 0.3) is 0 Å². The molecule has 12 nitrogen and oxygen atoms in total. The topological polar surface area (TPSA) is 78.7 Å². The molecule has 4 rings (SSSR count). The van der Waals surface area contributed by atoms with Crippen LogP contribution in [-0.2, 0) is 28.2 Å². The minimum Gasteiger partial charge on any atom is -0.373 e. The van der Waals surface area contributed by atoms with E-state index in [-0.39, 0.29) is 0 Å². The summed E-state index contributed by atoms with van der Waals surface area (Å²) in [6.07, 6.45) is 8.07. The number of hydrazine groups is 2. The Labute approximate surface area is 295 Å². The number of benzene rings is 2. The molecule has 4 N–H and O–H groups in total. The van der Waals surface area contributed by atoms with E-state index in [4.69, 9.17) is 0 Å². The Morgan fingerprint density at radius 1 is 0.542 bits per heavy atom. The van der Waals surface area contributed by atoms with E-state index >= 15 is 0 Å². The van der Waals surface area contributed by atoms with Crippen molar-refractivity contribution in [3.8, 4) is 0 Å². The molecule has 0 bridgehead atoms. The van der Waals surface area contributed by atoms with Crippen LogP contribution in [0.3, 0.4) is 0 Å². The number of aryl methyl sites for hydroxylation is 4. The minimum atomic E-state index is 0.987.